The Hall–Kier alpha value is -2.54. The van der Waals surface area contributed by atoms with Crippen LogP contribution in [0.25, 0.3) is 0 Å². The molecule has 1 amide bonds. The van der Waals surface area contributed by atoms with Gasteiger partial charge >= 0.3 is 0 Å². The summed E-state index contributed by atoms with van der Waals surface area (Å²) in [6.45, 7) is 0.815. The fourth-order valence-corrected chi connectivity index (χ4v) is 1.97. The number of nitrogens with one attached hydrogen (secondary N) is 1. The number of hydrogen-bond donors (Lipinski definition) is 2. The molecule has 0 saturated heterocycles. The zero-order chi connectivity index (χ0) is 17.7. The van der Waals surface area contributed by atoms with E-state index in [1.807, 2.05) is 0 Å². The van der Waals surface area contributed by atoms with E-state index < -0.39 is 35.6 Å². The van der Waals surface area contributed by atoms with Crippen molar-refractivity contribution >= 4 is 5.91 Å². The van der Waals surface area contributed by atoms with Gasteiger partial charge in [-0.15, -0.1) is 0 Å². The number of rotatable bonds is 6. The van der Waals surface area contributed by atoms with E-state index in [4.69, 9.17) is 4.74 Å². The molecule has 0 aliphatic rings. The van der Waals surface area contributed by atoms with Crippen molar-refractivity contribution in [1.82, 2.24) is 5.32 Å². The molecule has 1 unspecified atom stereocenters. The van der Waals surface area contributed by atoms with E-state index in [1.54, 1.807) is 0 Å². The number of aliphatic hydroxyl groups is 1. The molecule has 0 radical (unpaired) electrons. The number of amides is 1. The van der Waals surface area contributed by atoms with Gasteiger partial charge in [-0.25, -0.2) is 13.2 Å². The van der Waals surface area contributed by atoms with Gasteiger partial charge in [0, 0.05) is 6.07 Å². The Balaban J connectivity index is 1.87. The Kier molecular flexibility index (Phi) is 5.46. The van der Waals surface area contributed by atoms with Gasteiger partial charge in [0.25, 0.3) is 5.91 Å². The monoisotopic (exact) mass is 339 g/mol. The first kappa shape index (κ1) is 17.8. The summed E-state index contributed by atoms with van der Waals surface area (Å²) in [6, 6.07) is 7.95. The van der Waals surface area contributed by atoms with E-state index in [0.717, 1.165) is 12.1 Å². The number of hydrogen-bond acceptors (Lipinski definition) is 3. The second-order valence-electron chi connectivity index (χ2n) is 5.42. The SMILES string of the molecule is CC(O)(CNC(=O)COc1ccc(F)cc1F)c1ccc(F)cc1. The molecule has 0 heterocycles. The molecule has 2 rings (SSSR count). The summed E-state index contributed by atoms with van der Waals surface area (Å²) in [7, 11) is 0. The Morgan fingerprint density at radius 3 is 2.38 bits per heavy atom. The van der Waals surface area contributed by atoms with Crippen LogP contribution in [0, 0.1) is 17.5 Å². The number of carbonyl (C=O) groups is 1. The predicted molar refractivity (Wildman–Crippen MR) is 80.8 cm³/mol. The Morgan fingerprint density at radius 2 is 1.75 bits per heavy atom. The molecule has 0 aliphatic heterocycles. The highest BCUT2D eigenvalue weighted by Gasteiger charge is 2.24. The molecular formula is C17H16F3NO3. The van der Waals surface area contributed by atoms with Crippen LogP contribution in [0.3, 0.4) is 0 Å². The fraction of sp³-hybridized carbons (Fsp3) is 0.235. The van der Waals surface area contributed by atoms with E-state index in [-0.39, 0.29) is 12.3 Å². The van der Waals surface area contributed by atoms with Crippen LogP contribution in [0.4, 0.5) is 13.2 Å². The zero-order valence-electron chi connectivity index (χ0n) is 12.9. The summed E-state index contributed by atoms with van der Waals surface area (Å²) >= 11 is 0. The van der Waals surface area contributed by atoms with Crippen molar-refractivity contribution in [3.63, 3.8) is 0 Å². The van der Waals surface area contributed by atoms with Crippen LogP contribution in [-0.4, -0.2) is 24.2 Å². The van der Waals surface area contributed by atoms with E-state index in [1.165, 1.54) is 31.2 Å². The third-order valence-electron chi connectivity index (χ3n) is 3.35. The lowest BCUT2D eigenvalue weighted by Crippen LogP contribution is -2.40. The standard InChI is InChI=1S/C17H16F3NO3/c1-17(23,11-2-4-12(18)5-3-11)10-21-16(22)9-24-15-7-6-13(19)8-14(15)20/h2-8,23H,9-10H2,1H3,(H,21,22). The minimum atomic E-state index is -1.41. The van der Waals surface area contributed by atoms with Crippen molar-refractivity contribution in [2.45, 2.75) is 12.5 Å². The van der Waals surface area contributed by atoms with Crippen molar-refractivity contribution in [2.75, 3.05) is 13.2 Å². The van der Waals surface area contributed by atoms with E-state index in [2.05, 4.69) is 5.32 Å². The van der Waals surface area contributed by atoms with Gasteiger partial charge in [-0.1, -0.05) is 12.1 Å². The maximum Gasteiger partial charge on any atom is 0.258 e. The molecule has 0 spiro atoms. The number of carbonyl (C=O) groups excluding carboxylic acids is 1. The first-order chi connectivity index (χ1) is 11.3. The summed E-state index contributed by atoms with van der Waals surface area (Å²) in [5.74, 6) is -2.95. The van der Waals surface area contributed by atoms with E-state index in [0.29, 0.717) is 11.6 Å². The molecule has 24 heavy (non-hydrogen) atoms. The molecule has 2 aromatic carbocycles. The molecule has 0 bridgehead atoms. The molecule has 4 nitrogen and oxygen atoms in total. The van der Waals surface area contributed by atoms with Crippen LogP contribution in [0.1, 0.15) is 12.5 Å². The van der Waals surface area contributed by atoms with Crippen LogP contribution in [0.5, 0.6) is 5.75 Å². The van der Waals surface area contributed by atoms with Crippen molar-refractivity contribution in [1.29, 1.82) is 0 Å². The lowest BCUT2D eigenvalue weighted by molar-refractivity contribution is -0.124. The molecular weight excluding hydrogens is 323 g/mol. The Bertz CT molecular complexity index is 718. The van der Waals surface area contributed by atoms with Crippen molar-refractivity contribution < 1.29 is 27.8 Å². The van der Waals surface area contributed by atoms with Gasteiger partial charge < -0.3 is 15.2 Å². The number of halogens is 3. The maximum absolute atomic E-state index is 13.4. The van der Waals surface area contributed by atoms with Gasteiger partial charge in [0.2, 0.25) is 0 Å². The molecule has 2 aromatic rings. The summed E-state index contributed by atoms with van der Waals surface area (Å²) in [4.78, 5) is 11.7. The van der Waals surface area contributed by atoms with Crippen molar-refractivity contribution in [3.05, 3.63) is 65.5 Å². The van der Waals surface area contributed by atoms with Gasteiger partial charge in [0.05, 0.1) is 6.54 Å². The van der Waals surface area contributed by atoms with Crippen LogP contribution < -0.4 is 10.1 Å². The second kappa shape index (κ2) is 7.35. The van der Waals surface area contributed by atoms with Crippen LogP contribution in [0.2, 0.25) is 0 Å². The number of benzene rings is 2. The van der Waals surface area contributed by atoms with Crippen molar-refractivity contribution in [2.24, 2.45) is 0 Å². The fourth-order valence-electron chi connectivity index (χ4n) is 1.97. The smallest absolute Gasteiger partial charge is 0.258 e. The summed E-state index contributed by atoms with van der Waals surface area (Å²) < 4.78 is 44.0. The zero-order valence-corrected chi connectivity index (χ0v) is 12.9. The molecule has 7 heteroatoms. The van der Waals surface area contributed by atoms with E-state index in [9.17, 15) is 23.1 Å². The van der Waals surface area contributed by atoms with Crippen molar-refractivity contribution in [3.8, 4) is 5.75 Å². The molecule has 0 aliphatic carbocycles. The van der Waals surface area contributed by atoms with E-state index >= 15 is 0 Å². The molecule has 2 N–H and O–H groups in total. The Morgan fingerprint density at radius 1 is 1.12 bits per heavy atom. The lowest BCUT2D eigenvalue weighted by atomic mass is 9.96. The molecule has 0 saturated carbocycles. The minimum absolute atomic E-state index is 0.146. The average Bonchev–Trinajstić information content (AvgIpc) is 2.52. The van der Waals surface area contributed by atoms with Gasteiger partial charge in [-0.2, -0.15) is 0 Å². The molecule has 1 atom stereocenters. The highest BCUT2D eigenvalue weighted by Crippen LogP contribution is 2.20. The predicted octanol–water partition coefficient (Wildman–Crippen LogP) is 2.51. The Labute approximate surface area is 136 Å². The normalized spacial score (nSPS) is 13.2. The first-order valence-corrected chi connectivity index (χ1v) is 7.11. The topological polar surface area (TPSA) is 58.6 Å². The third kappa shape index (κ3) is 4.73. The van der Waals surface area contributed by atoms with Gasteiger partial charge in [-0.05, 0) is 36.8 Å². The second-order valence-corrected chi connectivity index (χ2v) is 5.42. The highest BCUT2D eigenvalue weighted by atomic mass is 19.1. The highest BCUT2D eigenvalue weighted by molar-refractivity contribution is 5.77. The number of ether oxygens (including phenoxy) is 1. The molecule has 0 fully saturated rings. The lowest BCUT2D eigenvalue weighted by Gasteiger charge is -2.24. The summed E-state index contributed by atoms with van der Waals surface area (Å²) in [5, 5.41) is 12.7. The molecule has 128 valence electrons. The average molecular weight is 339 g/mol. The largest absolute Gasteiger partial charge is 0.481 e. The minimum Gasteiger partial charge on any atom is -0.481 e. The maximum atomic E-state index is 13.4. The van der Waals surface area contributed by atoms with Crippen LogP contribution >= 0.6 is 0 Å². The van der Waals surface area contributed by atoms with Gasteiger partial charge in [0.1, 0.15) is 17.2 Å². The third-order valence-corrected chi connectivity index (χ3v) is 3.35. The first-order valence-electron chi connectivity index (χ1n) is 7.11. The van der Waals surface area contributed by atoms with Gasteiger partial charge in [0.15, 0.2) is 18.2 Å². The van der Waals surface area contributed by atoms with Crippen LogP contribution in [-0.2, 0) is 10.4 Å². The van der Waals surface area contributed by atoms with Gasteiger partial charge in [-0.3, -0.25) is 4.79 Å². The quantitative estimate of drug-likeness (QED) is 0.850. The summed E-state index contributed by atoms with van der Waals surface area (Å²) in [6.07, 6.45) is 0. The summed E-state index contributed by atoms with van der Waals surface area (Å²) in [5.41, 5.74) is -0.987. The van der Waals surface area contributed by atoms with Crippen LogP contribution in [0.15, 0.2) is 42.5 Å². The molecule has 0 aromatic heterocycles.